The largest absolute Gasteiger partial charge is 0.379 e. The molecule has 4 rings (SSSR count). The van der Waals surface area contributed by atoms with Gasteiger partial charge in [-0.3, -0.25) is 14.5 Å². The first kappa shape index (κ1) is 22.8. The summed E-state index contributed by atoms with van der Waals surface area (Å²) in [4.78, 5) is 29.6. The number of carbonyl (C=O) groups excluding carboxylic acids is 2. The van der Waals surface area contributed by atoms with Crippen molar-refractivity contribution in [3.8, 4) is 0 Å². The van der Waals surface area contributed by atoms with Gasteiger partial charge in [0.1, 0.15) is 0 Å². The van der Waals surface area contributed by atoms with E-state index in [0.717, 1.165) is 18.7 Å². The van der Waals surface area contributed by atoms with Crippen LogP contribution in [0.15, 0.2) is 103 Å². The van der Waals surface area contributed by atoms with E-state index in [1.807, 2.05) is 78.9 Å². The molecule has 4 nitrogen and oxygen atoms in total. The van der Waals surface area contributed by atoms with Gasteiger partial charge in [-0.05, 0) is 5.56 Å². The summed E-state index contributed by atoms with van der Waals surface area (Å²) in [6.07, 6.45) is 0. The second-order valence-corrected chi connectivity index (χ2v) is 8.36. The predicted molar refractivity (Wildman–Crippen MR) is 131 cm³/mol. The summed E-state index contributed by atoms with van der Waals surface area (Å²) in [5, 5.41) is 0. The minimum atomic E-state index is -0.451. The summed E-state index contributed by atoms with van der Waals surface area (Å²) in [6, 6.07) is 28.3. The SMILES string of the molecule is C=C(C(=O)c1ccccc1)C(c1ccccc1)C(CN1CCOCC1)C(=O)c1ccccc1. The van der Waals surface area contributed by atoms with Gasteiger partial charge in [0.05, 0.1) is 13.2 Å². The third kappa shape index (κ3) is 5.54. The van der Waals surface area contributed by atoms with Crippen LogP contribution in [0, 0.1) is 5.92 Å². The number of allylic oxidation sites excluding steroid dienone is 1. The highest BCUT2D eigenvalue weighted by atomic mass is 16.5. The number of ketones is 2. The van der Waals surface area contributed by atoms with E-state index in [1.165, 1.54) is 0 Å². The van der Waals surface area contributed by atoms with Gasteiger partial charge in [-0.2, -0.15) is 0 Å². The molecule has 0 aliphatic carbocycles. The lowest BCUT2D eigenvalue weighted by molar-refractivity contribution is 0.0288. The third-order valence-electron chi connectivity index (χ3n) is 6.22. The maximum atomic E-state index is 13.9. The molecule has 0 N–H and O–H groups in total. The Labute approximate surface area is 195 Å². The summed E-state index contributed by atoms with van der Waals surface area (Å²) in [5.74, 6) is -0.988. The van der Waals surface area contributed by atoms with Crippen molar-refractivity contribution in [2.24, 2.45) is 5.92 Å². The van der Waals surface area contributed by atoms with E-state index in [0.29, 0.717) is 36.5 Å². The molecule has 2 unspecified atom stereocenters. The standard InChI is InChI=1S/C29H29NO3/c1-22(28(31)24-13-7-3-8-14-24)27(23-11-5-2-6-12-23)26(21-30-17-19-33-20-18-30)29(32)25-15-9-4-10-16-25/h2-16,26-27H,1,17-21H2. The van der Waals surface area contributed by atoms with Crippen LogP contribution in [0.2, 0.25) is 0 Å². The van der Waals surface area contributed by atoms with Crippen molar-refractivity contribution < 1.29 is 14.3 Å². The Morgan fingerprint density at radius 3 is 1.88 bits per heavy atom. The number of hydrogen-bond acceptors (Lipinski definition) is 4. The lowest BCUT2D eigenvalue weighted by Crippen LogP contribution is -2.43. The van der Waals surface area contributed by atoms with Gasteiger partial charge in [0, 0.05) is 48.2 Å². The molecule has 0 saturated carbocycles. The zero-order valence-corrected chi connectivity index (χ0v) is 18.7. The first-order valence-corrected chi connectivity index (χ1v) is 11.4. The molecule has 1 heterocycles. The number of hydrogen-bond donors (Lipinski definition) is 0. The second-order valence-electron chi connectivity index (χ2n) is 8.36. The fourth-order valence-corrected chi connectivity index (χ4v) is 4.47. The van der Waals surface area contributed by atoms with E-state index in [-0.39, 0.29) is 11.6 Å². The summed E-state index contributed by atoms with van der Waals surface area (Å²) in [6.45, 7) is 7.61. The summed E-state index contributed by atoms with van der Waals surface area (Å²) in [7, 11) is 0. The molecule has 0 radical (unpaired) electrons. The number of nitrogens with zero attached hydrogens (tertiary/aromatic N) is 1. The molecule has 1 saturated heterocycles. The van der Waals surface area contributed by atoms with E-state index in [4.69, 9.17) is 4.74 Å². The Morgan fingerprint density at radius 1 is 0.788 bits per heavy atom. The Kier molecular flexibility index (Phi) is 7.61. The summed E-state index contributed by atoms with van der Waals surface area (Å²) >= 11 is 0. The lowest BCUT2D eigenvalue weighted by atomic mass is 9.75. The fraction of sp³-hybridized carbons (Fsp3) is 0.241. The molecule has 0 bridgehead atoms. The maximum Gasteiger partial charge on any atom is 0.189 e. The molecule has 168 valence electrons. The number of Topliss-reactive ketones (excluding diaryl/α,β-unsaturated/α-hetero) is 2. The molecule has 1 fully saturated rings. The van der Waals surface area contributed by atoms with Crippen LogP contribution in [0.4, 0.5) is 0 Å². The highest BCUT2D eigenvalue weighted by Gasteiger charge is 2.36. The van der Waals surface area contributed by atoms with E-state index >= 15 is 0 Å². The van der Waals surface area contributed by atoms with Crippen molar-refractivity contribution in [1.82, 2.24) is 4.90 Å². The van der Waals surface area contributed by atoms with Crippen LogP contribution in [0.25, 0.3) is 0 Å². The lowest BCUT2D eigenvalue weighted by Gasteiger charge is -2.34. The normalized spacial score (nSPS) is 16.0. The average molecular weight is 440 g/mol. The molecule has 0 aromatic heterocycles. The Morgan fingerprint density at radius 2 is 1.30 bits per heavy atom. The topological polar surface area (TPSA) is 46.6 Å². The molecule has 1 aliphatic heterocycles. The molecule has 4 heteroatoms. The van der Waals surface area contributed by atoms with Crippen LogP contribution >= 0.6 is 0 Å². The molecule has 2 atom stereocenters. The van der Waals surface area contributed by atoms with Crippen molar-refractivity contribution >= 4 is 11.6 Å². The molecular weight excluding hydrogens is 410 g/mol. The third-order valence-corrected chi connectivity index (χ3v) is 6.22. The molecular formula is C29H29NO3. The molecule has 3 aromatic rings. The number of benzene rings is 3. The van der Waals surface area contributed by atoms with Crippen LogP contribution in [0.5, 0.6) is 0 Å². The number of ether oxygens (including phenoxy) is 1. The van der Waals surface area contributed by atoms with Gasteiger partial charge in [-0.25, -0.2) is 0 Å². The highest BCUT2D eigenvalue weighted by molar-refractivity contribution is 6.10. The predicted octanol–water partition coefficient (Wildman–Crippen LogP) is 5.04. The molecule has 33 heavy (non-hydrogen) atoms. The zero-order chi connectivity index (χ0) is 23.0. The Hall–Kier alpha value is -3.34. The highest BCUT2D eigenvalue weighted by Crippen LogP contribution is 2.36. The van der Waals surface area contributed by atoms with Crippen molar-refractivity contribution in [2.45, 2.75) is 5.92 Å². The minimum Gasteiger partial charge on any atom is -0.379 e. The van der Waals surface area contributed by atoms with Gasteiger partial charge in [0.15, 0.2) is 11.6 Å². The van der Waals surface area contributed by atoms with E-state index < -0.39 is 11.8 Å². The van der Waals surface area contributed by atoms with E-state index in [2.05, 4.69) is 11.5 Å². The van der Waals surface area contributed by atoms with Crippen LogP contribution in [0.3, 0.4) is 0 Å². The Bertz CT molecular complexity index is 1070. The number of carbonyl (C=O) groups is 2. The van der Waals surface area contributed by atoms with Crippen LogP contribution in [-0.2, 0) is 4.74 Å². The molecule has 3 aromatic carbocycles. The van der Waals surface area contributed by atoms with Crippen LogP contribution in [0.1, 0.15) is 32.2 Å². The van der Waals surface area contributed by atoms with Gasteiger partial charge in [0.2, 0.25) is 0 Å². The summed E-state index contributed by atoms with van der Waals surface area (Å²) < 4.78 is 5.52. The Balaban J connectivity index is 1.75. The fourth-order valence-electron chi connectivity index (χ4n) is 4.47. The minimum absolute atomic E-state index is 0.0259. The van der Waals surface area contributed by atoms with Gasteiger partial charge in [0.25, 0.3) is 0 Å². The summed E-state index contributed by atoms with van der Waals surface area (Å²) in [5.41, 5.74) is 2.60. The average Bonchev–Trinajstić information content (AvgIpc) is 2.89. The van der Waals surface area contributed by atoms with Crippen molar-refractivity contribution in [2.75, 3.05) is 32.8 Å². The smallest absolute Gasteiger partial charge is 0.189 e. The van der Waals surface area contributed by atoms with Crippen molar-refractivity contribution in [1.29, 1.82) is 0 Å². The van der Waals surface area contributed by atoms with E-state index in [9.17, 15) is 9.59 Å². The quantitative estimate of drug-likeness (QED) is 0.346. The van der Waals surface area contributed by atoms with Gasteiger partial charge < -0.3 is 4.74 Å². The number of morpholine rings is 1. The van der Waals surface area contributed by atoms with Crippen LogP contribution in [-0.4, -0.2) is 49.3 Å². The van der Waals surface area contributed by atoms with E-state index in [1.54, 1.807) is 12.1 Å². The van der Waals surface area contributed by atoms with Gasteiger partial charge in [-0.1, -0.05) is 97.6 Å². The molecule has 1 aliphatic rings. The van der Waals surface area contributed by atoms with Crippen molar-refractivity contribution in [3.05, 3.63) is 120 Å². The van der Waals surface area contributed by atoms with Gasteiger partial charge in [-0.15, -0.1) is 0 Å². The first-order valence-electron chi connectivity index (χ1n) is 11.4. The zero-order valence-electron chi connectivity index (χ0n) is 18.7. The van der Waals surface area contributed by atoms with Gasteiger partial charge >= 0.3 is 0 Å². The molecule has 0 amide bonds. The molecule has 0 spiro atoms. The number of rotatable bonds is 9. The maximum absolute atomic E-state index is 13.9. The van der Waals surface area contributed by atoms with Crippen molar-refractivity contribution in [3.63, 3.8) is 0 Å². The second kappa shape index (κ2) is 11.0. The monoisotopic (exact) mass is 439 g/mol. The first-order chi connectivity index (χ1) is 16.1. The van der Waals surface area contributed by atoms with Crippen LogP contribution < -0.4 is 0 Å².